The number of amides is 2. The second kappa shape index (κ2) is 7.91. The largest absolute Gasteiger partial charge is 0.367 e. The number of urea groups is 1. The molecular formula is C19H20ClF2N3O. The van der Waals surface area contributed by atoms with Crippen molar-refractivity contribution in [1.82, 2.24) is 5.32 Å². The molecule has 1 fully saturated rings. The smallest absolute Gasteiger partial charge is 0.319 e. The molecule has 1 unspecified atom stereocenters. The molecule has 0 radical (unpaired) electrons. The number of hydrogen-bond donors (Lipinski definition) is 2. The maximum absolute atomic E-state index is 14.3. The van der Waals surface area contributed by atoms with Crippen LogP contribution in [0.4, 0.5) is 25.0 Å². The summed E-state index contributed by atoms with van der Waals surface area (Å²) in [5, 5.41) is 5.81. The normalized spacial score (nSPS) is 15.0. The number of hydrogen-bond acceptors (Lipinski definition) is 2. The van der Waals surface area contributed by atoms with E-state index in [0.29, 0.717) is 18.1 Å². The van der Waals surface area contributed by atoms with Gasteiger partial charge in [0.25, 0.3) is 0 Å². The molecule has 0 aliphatic carbocycles. The Morgan fingerprint density at radius 3 is 2.27 bits per heavy atom. The summed E-state index contributed by atoms with van der Waals surface area (Å²) < 4.78 is 28.6. The Kier molecular flexibility index (Phi) is 5.61. The minimum atomic E-state index is -0.673. The van der Waals surface area contributed by atoms with Gasteiger partial charge in [-0.2, -0.15) is 0 Å². The standard InChI is InChI=1S/C19H20ClF2N3O/c1-12(13-4-6-14(20)7-5-13)23-19(26)24-15-10-16(21)18(17(22)11-15)25-8-2-3-9-25/h4-7,10-12H,2-3,8-9H2,1H3,(H2,23,24,26). The van der Waals surface area contributed by atoms with E-state index in [4.69, 9.17) is 11.6 Å². The second-order valence-electron chi connectivity index (χ2n) is 6.35. The lowest BCUT2D eigenvalue weighted by molar-refractivity contribution is 0.249. The van der Waals surface area contributed by atoms with Gasteiger partial charge >= 0.3 is 6.03 Å². The zero-order chi connectivity index (χ0) is 18.7. The van der Waals surface area contributed by atoms with Gasteiger partial charge in [-0.3, -0.25) is 0 Å². The van der Waals surface area contributed by atoms with Crippen molar-refractivity contribution in [1.29, 1.82) is 0 Å². The SMILES string of the molecule is CC(NC(=O)Nc1cc(F)c(N2CCCC2)c(F)c1)c1ccc(Cl)cc1. The highest BCUT2D eigenvalue weighted by Gasteiger charge is 2.21. The van der Waals surface area contributed by atoms with E-state index < -0.39 is 17.7 Å². The van der Waals surface area contributed by atoms with Gasteiger partial charge < -0.3 is 15.5 Å². The highest BCUT2D eigenvalue weighted by atomic mass is 35.5. The van der Waals surface area contributed by atoms with Gasteiger partial charge in [-0.1, -0.05) is 23.7 Å². The maximum atomic E-state index is 14.3. The molecule has 3 rings (SSSR count). The Labute approximate surface area is 156 Å². The monoisotopic (exact) mass is 379 g/mol. The Morgan fingerprint density at radius 1 is 1.12 bits per heavy atom. The average Bonchev–Trinajstić information content (AvgIpc) is 3.08. The molecule has 2 amide bonds. The predicted molar refractivity (Wildman–Crippen MR) is 99.8 cm³/mol. The third kappa shape index (κ3) is 4.25. The number of benzene rings is 2. The molecule has 1 saturated heterocycles. The van der Waals surface area contributed by atoms with Crippen LogP contribution < -0.4 is 15.5 Å². The summed E-state index contributed by atoms with van der Waals surface area (Å²) in [6.45, 7) is 3.08. The Bertz CT molecular complexity index is 769. The first-order valence-electron chi connectivity index (χ1n) is 8.51. The van der Waals surface area contributed by atoms with Crippen molar-refractivity contribution < 1.29 is 13.6 Å². The van der Waals surface area contributed by atoms with Gasteiger partial charge in [0, 0.05) is 23.8 Å². The lowest BCUT2D eigenvalue weighted by atomic mass is 10.1. The summed E-state index contributed by atoms with van der Waals surface area (Å²) in [6.07, 6.45) is 1.84. The van der Waals surface area contributed by atoms with E-state index in [0.717, 1.165) is 30.5 Å². The van der Waals surface area contributed by atoms with Crippen LogP contribution in [0.15, 0.2) is 36.4 Å². The zero-order valence-corrected chi connectivity index (χ0v) is 15.1. The molecule has 1 aliphatic rings. The lowest BCUT2D eigenvalue weighted by Gasteiger charge is -2.20. The van der Waals surface area contributed by atoms with E-state index in [9.17, 15) is 13.6 Å². The van der Waals surface area contributed by atoms with Crippen LogP contribution in [0.2, 0.25) is 5.02 Å². The van der Waals surface area contributed by atoms with Gasteiger partial charge in [0.15, 0.2) is 11.6 Å². The number of halogens is 3. The van der Waals surface area contributed by atoms with Crippen molar-refractivity contribution >= 4 is 29.0 Å². The van der Waals surface area contributed by atoms with Gasteiger partial charge in [-0.15, -0.1) is 0 Å². The highest BCUT2D eigenvalue weighted by molar-refractivity contribution is 6.30. The van der Waals surface area contributed by atoms with Crippen molar-refractivity contribution in [2.24, 2.45) is 0 Å². The Morgan fingerprint density at radius 2 is 1.69 bits per heavy atom. The first-order valence-corrected chi connectivity index (χ1v) is 8.89. The minimum Gasteiger partial charge on any atom is -0.367 e. The Balaban J connectivity index is 1.66. The summed E-state index contributed by atoms with van der Waals surface area (Å²) >= 11 is 5.84. The molecule has 1 heterocycles. The molecule has 4 nitrogen and oxygen atoms in total. The van der Waals surface area contributed by atoms with Crippen molar-refractivity contribution in [3.63, 3.8) is 0 Å². The molecule has 0 bridgehead atoms. The predicted octanol–water partition coefficient (Wildman–Crippen LogP) is 5.10. The highest BCUT2D eigenvalue weighted by Crippen LogP contribution is 2.29. The van der Waals surface area contributed by atoms with Crippen molar-refractivity contribution in [3.05, 3.63) is 58.6 Å². The molecule has 1 aliphatic heterocycles. The van der Waals surface area contributed by atoms with Crippen LogP contribution in [0, 0.1) is 11.6 Å². The van der Waals surface area contributed by atoms with Crippen LogP contribution in [0.25, 0.3) is 0 Å². The van der Waals surface area contributed by atoms with E-state index in [1.54, 1.807) is 36.1 Å². The topological polar surface area (TPSA) is 44.4 Å². The molecule has 0 saturated carbocycles. The first-order chi connectivity index (χ1) is 12.4. The van der Waals surface area contributed by atoms with Crippen LogP contribution in [-0.4, -0.2) is 19.1 Å². The number of nitrogens with zero attached hydrogens (tertiary/aromatic N) is 1. The molecular weight excluding hydrogens is 360 g/mol. The maximum Gasteiger partial charge on any atom is 0.319 e. The zero-order valence-electron chi connectivity index (χ0n) is 14.4. The van der Waals surface area contributed by atoms with Crippen LogP contribution >= 0.6 is 11.6 Å². The van der Waals surface area contributed by atoms with Crippen LogP contribution in [0.5, 0.6) is 0 Å². The molecule has 0 aromatic heterocycles. The quantitative estimate of drug-likeness (QED) is 0.776. The van der Waals surface area contributed by atoms with Gasteiger partial charge in [0.05, 0.1) is 6.04 Å². The molecule has 0 spiro atoms. The fourth-order valence-electron chi connectivity index (χ4n) is 3.08. The minimum absolute atomic E-state index is 0.0250. The van der Waals surface area contributed by atoms with E-state index in [1.165, 1.54) is 0 Å². The summed E-state index contributed by atoms with van der Waals surface area (Å²) in [4.78, 5) is 13.8. The third-order valence-corrected chi connectivity index (χ3v) is 4.67. The molecule has 2 aromatic carbocycles. The third-order valence-electron chi connectivity index (χ3n) is 4.41. The molecule has 2 aromatic rings. The summed E-state index contributed by atoms with van der Waals surface area (Å²) in [6, 6.07) is 8.52. The summed E-state index contributed by atoms with van der Waals surface area (Å²) in [5.74, 6) is -1.35. The molecule has 2 N–H and O–H groups in total. The van der Waals surface area contributed by atoms with Crippen molar-refractivity contribution in [2.75, 3.05) is 23.3 Å². The number of nitrogens with one attached hydrogen (secondary N) is 2. The van der Waals surface area contributed by atoms with E-state index in [2.05, 4.69) is 10.6 Å². The number of carbonyl (C=O) groups excluding carboxylic acids is 1. The fourth-order valence-corrected chi connectivity index (χ4v) is 3.21. The van der Waals surface area contributed by atoms with E-state index in [-0.39, 0.29) is 17.4 Å². The van der Waals surface area contributed by atoms with Gasteiger partial charge in [0.2, 0.25) is 0 Å². The van der Waals surface area contributed by atoms with Gasteiger partial charge in [-0.05, 0) is 49.6 Å². The van der Waals surface area contributed by atoms with Gasteiger partial charge in [0.1, 0.15) is 5.69 Å². The van der Waals surface area contributed by atoms with Crippen molar-refractivity contribution in [2.45, 2.75) is 25.8 Å². The number of anilines is 2. The van der Waals surface area contributed by atoms with Crippen molar-refractivity contribution in [3.8, 4) is 0 Å². The van der Waals surface area contributed by atoms with Gasteiger partial charge in [-0.25, -0.2) is 13.6 Å². The van der Waals surface area contributed by atoms with E-state index in [1.807, 2.05) is 0 Å². The van der Waals surface area contributed by atoms with E-state index >= 15 is 0 Å². The molecule has 1 atom stereocenters. The first kappa shape index (κ1) is 18.5. The average molecular weight is 380 g/mol. The van der Waals surface area contributed by atoms with Crippen LogP contribution in [-0.2, 0) is 0 Å². The molecule has 26 heavy (non-hydrogen) atoms. The Hall–Kier alpha value is -2.34. The fraction of sp³-hybridized carbons (Fsp3) is 0.316. The second-order valence-corrected chi connectivity index (χ2v) is 6.79. The summed E-state index contributed by atoms with van der Waals surface area (Å²) in [7, 11) is 0. The molecule has 138 valence electrons. The number of carbonyl (C=O) groups is 1. The number of rotatable bonds is 4. The molecule has 7 heteroatoms. The summed E-state index contributed by atoms with van der Waals surface area (Å²) in [5.41, 5.74) is 0.915. The van der Waals surface area contributed by atoms with Crippen LogP contribution in [0.1, 0.15) is 31.4 Å². The van der Waals surface area contributed by atoms with Crippen LogP contribution in [0.3, 0.4) is 0 Å². The lowest BCUT2D eigenvalue weighted by Crippen LogP contribution is -2.31.